The first-order chi connectivity index (χ1) is 6.60. The van der Waals surface area contributed by atoms with Gasteiger partial charge in [-0.1, -0.05) is 13.3 Å². The van der Waals surface area contributed by atoms with Crippen molar-refractivity contribution in [2.75, 3.05) is 6.61 Å². The van der Waals surface area contributed by atoms with Crippen molar-refractivity contribution in [2.45, 2.75) is 57.3 Å². The molecule has 4 heteroatoms. The van der Waals surface area contributed by atoms with E-state index in [1.54, 1.807) is 0 Å². The highest BCUT2D eigenvalue weighted by atomic mass is 16.3. The average Bonchev–Trinajstić information content (AvgIpc) is 2.03. The van der Waals surface area contributed by atoms with Crippen LogP contribution in [-0.4, -0.2) is 45.3 Å². The summed E-state index contributed by atoms with van der Waals surface area (Å²) in [6, 6.07) is 0. The van der Waals surface area contributed by atoms with Gasteiger partial charge in [-0.15, -0.1) is 0 Å². The lowest BCUT2D eigenvalue weighted by Gasteiger charge is -2.17. The molecule has 0 spiro atoms. The van der Waals surface area contributed by atoms with E-state index in [9.17, 15) is 15.3 Å². The molecule has 0 aliphatic rings. The van der Waals surface area contributed by atoms with Gasteiger partial charge in [0.1, 0.15) is 0 Å². The van der Waals surface area contributed by atoms with Gasteiger partial charge in [0.15, 0.2) is 0 Å². The highest BCUT2D eigenvalue weighted by Gasteiger charge is 2.15. The van der Waals surface area contributed by atoms with E-state index in [4.69, 9.17) is 5.11 Å². The zero-order valence-corrected chi connectivity index (χ0v) is 8.76. The fraction of sp³-hybridized carbons (Fsp3) is 1.00. The number of hydrogen-bond acceptors (Lipinski definition) is 4. The third-order valence-electron chi connectivity index (χ3n) is 2.17. The molecule has 0 unspecified atom stereocenters. The lowest BCUT2D eigenvalue weighted by molar-refractivity contribution is 0.0298. The molecule has 0 rings (SSSR count). The molecule has 14 heavy (non-hydrogen) atoms. The minimum absolute atomic E-state index is 0.0780. The maximum atomic E-state index is 9.44. The van der Waals surface area contributed by atoms with E-state index < -0.39 is 18.3 Å². The van der Waals surface area contributed by atoms with E-state index in [0.29, 0.717) is 12.8 Å². The summed E-state index contributed by atoms with van der Waals surface area (Å²) in [5.74, 6) is 0. The second-order valence-electron chi connectivity index (χ2n) is 3.73. The molecule has 0 aromatic heterocycles. The summed E-state index contributed by atoms with van der Waals surface area (Å²) in [4.78, 5) is 0. The Hall–Kier alpha value is -0.160. The van der Waals surface area contributed by atoms with Crippen LogP contribution in [0.5, 0.6) is 0 Å². The molecule has 0 saturated carbocycles. The number of aliphatic hydroxyl groups is 4. The van der Waals surface area contributed by atoms with E-state index in [2.05, 4.69) is 0 Å². The Balaban J connectivity index is 3.57. The van der Waals surface area contributed by atoms with Crippen LogP contribution in [0.1, 0.15) is 39.0 Å². The lowest BCUT2D eigenvalue weighted by atomic mass is 10.0. The van der Waals surface area contributed by atoms with Gasteiger partial charge in [0.05, 0.1) is 18.3 Å². The maximum absolute atomic E-state index is 9.44. The van der Waals surface area contributed by atoms with Gasteiger partial charge in [-0.05, 0) is 25.7 Å². The second-order valence-corrected chi connectivity index (χ2v) is 3.73. The summed E-state index contributed by atoms with van der Waals surface area (Å²) in [6.45, 7) is 1.89. The van der Waals surface area contributed by atoms with Crippen molar-refractivity contribution < 1.29 is 20.4 Å². The zero-order chi connectivity index (χ0) is 11.0. The van der Waals surface area contributed by atoms with Crippen molar-refractivity contribution in [1.82, 2.24) is 0 Å². The normalized spacial score (nSPS) is 17.8. The van der Waals surface area contributed by atoms with Crippen molar-refractivity contribution in [3.63, 3.8) is 0 Å². The molecule has 0 aliphatic carbocycles. The predicted molar refractivity (Wildman–Crippen MR) is 53.9 cm³/mol. The highest BCUT2D eigenvalue weighted by molar-refractivity contribution is 4.67. The molecule has 0 radical (unpaired) electrons. The van der Waals surface area contributed by atoms with Crippen LogP contribution in [0, 0.1) is 0 Å². The summed E-state index contributed by atoms with van der Waals surface area (Å²) >= 11 is 0. The molecule has 0 bridgehead atoms. The molecule has 0 fully saturated rings. The summed E-state index contributed by atoms with van der Waals surface area (Å²) in [5.41, 5.74) is 0. The van der Waals surface area contributed by atoms with Crippen LogP contribution in [0.15, 0.2) is 0 Å². The Bertz CT molecular complexity index is 115. The van der Waals surface area contributed by atoms with Gasteiger partial charge in [0.25, 0.3) is 0 Å². The Morgan fingerprint density at radius 1 is 0.857 bits per heavy atom. The number of aliphatic hydroxyl groups excluding tert-OH is 4. The van der Waals surface area contributed by atoms with E-state index in [1.807, 2.05) is 6.92 Å². The minimum Gasteiger partial charge on any atom is -0.396 e. The molecular formula is C10H22O4. The van der Waals surface area contributed by atoms with Crippen LogP contribution in [0.3, 0.4) is 0 Å². The first-order valence-corrected chi connectivity index (χ1v) is 5.25. The predicted octanol–water partition coefficient (Wildman–Crippen LogP) is 0.0318. The van der Waals surface area contributed by atoms with Gasteiger partial charge in [0.2, 0.25) is 0 Å². The van der Waals surface area contributed by atoms with Crippen molar-refractivity contribution in [1.29, 1.82) is 0 Å². The van der Waals surface area contributed by atoms with Gasteiger partial charge in [-0.2, -0.15) is 0 Å². The Morgan fingerprint density at radius 3 is 1.79 bits per heavy atom. The van der Waals surface area contributed by atoms with Crippen molar-refractivity contribution in [3.8, 4) is 0 Å². The fourth-order valence-corrected chi connectivity index (χ4v) is 1.44. The summed E-state index contributed by atoms with van der Waals surface area (Å²) in [7, 11) is 0. The van der Waals surface area contributed by atoms with Crippen molar-refractivity contribution >= 4 is 0 Å². The van der Waals surface area contributed by atoms with Crippen molar-refractivity contribution in [3.05, 3.63) is 0 Å². The number of hydrogen-bond donors (Lipinski definition) is 4. The van der Waals surface area contributed by atoms with Gasteiger partial charge in [-0.25, -0.2) is 0 Å². The molecule has 0 amide bonds. The quantitative estimate of drug-likeness (QED) is 0.452. The molecule has 4 N–H and O–H groups in total. The highest BCUT2D eigenvalue weighted by Crippen LogP contribution is 2.10. The Labute approximate surface area is 85.2 Å². The molecule has 0 saturated heterocycles. The first kappa shape index (κ1) is 13.8. The van der Waals surface area contributed by atoms with Crippen LogP contribution >= 0.6 is 0 Å². The van der Waals surface area contributed by atoms with Crippen LogP contribution in [0.25, 0.3) is 0 Å². The molecule has 86 valence electrons. The van der Waals surface area contributed by atoms with Crippen LogP contribution in [-0.2, 0) is 0 Å². The van der Waals surface area contributed by atoms with E-state index >= 15 is 0 Å². The standard InChI is InChI=1S/C10H22O4/c1-2-3-8(12)6-10(14)7-9(13)4-5-11/h8-14H,2-7H2,1H3/t8-,9-,10-/m1/s1. The lowest BCUT2D eigenvalue weighted by Crippen LogP contribution is -2.23. The van der Waals surface area contributed by atoms with Crippen molar-refractivity contribution in [2.24, 2.45) is 0 Å². The third-order valence-corrected chi connectivity index (χ3v) is 2.17. The van der Waals surface area contributed by atoms with Gasteiger partial charge in [-0.3, -0.25) is 0 Å². The van der Waals surface area contributed by atoms with Crippen LogP contribution in [0.4, 0.5) is 0 Å². The van der Waals surface area contributed by atoms with E-state index in [1.165, 1.54) is 0 Å². The largest absolute Gasteiger partial charge is 0.396 e. The zero-order valence-electron chi connectivity index (χ0n) is 8.76. The van der Waals surface area contributed by atoms with Gasteiger partial charge in [0, 0.05) is 6.61 Å². The van der Waals surface area contributed by atoms with Gasteiger partial charge < -0.3 is 20.4 Å². The topological polar surface area (TPSA) is 80.9 Å². The molecule has 0 aliphatic heterocycles. The number of rotatable bonds is 8. The Morgan fingerprint density at radius 2 is 1.36 bits per heavy atom. The Kier molecular flexibility index (Phi) is 8.08. The molecule has 0 heterocycles. The van der Waals surface area contributed by atoms with Gasteiger partial charge >= 0.3 is 0 Å². The first-order valence-electron chi connectivity index (χ1n) is 5.25. The monoisotopic (exact) mass is 206 g/mol. The minimum atomic E-state index is -0.682. The maximum Gasteiger partial charge on any atom is 0.0589 e. The molecule has 4 nitrogen and oxygen atoms in total. The summed E-state index contributed by atoms with van der Waals surface area (Å²) < 4.78 is 0. The third kappa shape index (κ3) is 7.26. The smallest absolute Gasteiger partial charge is 0.0589 e. The summed E-state index contributed by atoms with van der Waals surface area (Å²) in [5, 5.41) is 36.6. The second kappa shape index (κ2) is 8.17. The SMILES string of the molecule is CCC[C@@H](O)C[C@@H](O)C[C@H](O)CCO. The molecule has 3 atom stereocenters. The average molecular weight is 206 g/mol. The van der Waals surface area contributed by atoms with E-state index in [0.717, 1.165) is 6.42 Å². The van der Waals surface area contributed by atoms with E-state index in [-0.39, 0.29) is 19.4 Å². The molecule has 0 aromatic carbocycles. The fourth-order valence-electron chi connectivity index (χ4n) is 1.44. The molecular weight excluding hydrogens is 184 g/mol. The van der Waals surface area contributed by atoms with Crippen LogP contribution in [0.2, 0.25) is 0 Å². The van der Waals surface area contributed by atoms with Crippen LogP contribution < -0.4 is 0 Å². The molecule has 0 aromatic rings. The summed E-state index contributed by atoms with van der Waals surface area (Å²) in [6.07, 6.45) is 0.511.